The van der Waals surface area contributed by atoms with Crippen LogP contribution in [0.15, 0.2) is 0 Å². The van der Waals surface area contributed by atoms with E-state index in [1.807, 2.05) is 20.9 Å². The molecule has 0 aliphatic rings. The van der Waals surface area contributed by atoms with Gasteiger partial charge in [0.1, 0.15) is 17.5 Å². The second-order valence-electron chi connectivity index (χ2n) is 5.28. The van der Waals surface area contributed by atoms with E-state index in [1.165, 1.54) is 0 Å². The van der Waals surface area contributed by atoms with Gasteiger partial charge >= 0.3 is 0 Å². The number of hydrogen-bond donors (Lipinski definition) is 3. The fourth-order valence-corrected chi connectivity index (χ4v) is 2.19. The molecule has 5 heteroatoms. The van der Waals surface area contributed by atoms with Gasteiger partial charge in [0.15, 0.2) is 0 Å². The number of hydrogen-bond acceptors (Lipinski definition) is 5. The fraction of sp³-hybridized carbons (Fsp3) is 0.733. The average molecular weight is 280 g/mol. The van der Waals surface area contributed by atoms with Crippen molar-refractivity contribution in [2.45, 2.75) is 47.0 Å². The Morgan fingerprint density at radius 2 is 1.70 bits per heavy atom. The molecule has 0 amide bonds. The molecule has 0 aliphatic carbocycles. The van der Waals surface area contributed by atoms with E-state index in [4.69, 9.17) is 0 Å². The molecule has 0 aromatic carbocycles. The summed E-state index contributed by atoms with van der Waals surface area (Å²) in [4.78, 5) is 9.02. The molecule has 0 bridgehead atoms. The first-order valence-corrected chi connectivity index (χ1v) is 7.45. The van der Waals surface area contributed by atoms with Crippen LogP contribution < -0.4 is 10.6 Å². The zero-order valence-electron chi connectivity index (χ0n) is 13.4. The maximum Gasteiger partial charge on any atom is 0.134 e. The molecule has 3 N–H and O–H groups in total. The summed E-state index contributed by atoms with van der Waals surface area (Å²) in [5.74, 6) is 2.55. The van der Waals surface area contributed by atoms with Gasteiger partial charge in [0.25, 0.3) is 0 Å². The summed E-state index contributed by atoms with van der Waals surface area (Å²) in [5.41, 5.74) is 0.938. The van der Waals surface area contributed by atoms with Crippen molar-refractivity contribution in [3.8, 4) is 0 Å². The summed E-state index contributed by atoms with van der Waals surface area (Å²) >= 11 is 0. The third-order valence-electron chi connectivity index (χ3n) is 4.21. The van der Waals surface area contributed by atoms with Crippen molar-refractivity contribution in [1.82, 2.24) is 9.97 Å². The Labute approximate surface area is 122 Å². The third-order valence-corrected chi connectivity index (χ3v) is 4.21. The van der Waals surface area contributed by atoms with E-state index < -0.39 is 0 Å². The first-order valence-electron chi connectivity index (χ1n) is 7.45. The van der Waals surface area contributed by atoms with Crippen LogP contribution in [0.3, 0.4) is 0 Å². The molecule has 0 saturated heterocycles. The molecule has 0 saturated carbocycles. The highest BCUT2D eigenvalue weighted by Gasteiger charge is 2.25. The molecule has 0 spiro atoms. The minimum absolute atomic E-state index is 0.0798. The van der Waals surface area contributed by atoms with Gasteiger partial charge in [-0.2, -0.15) is 0 Å². The van der Waals surface area contributed by atoms with Gasteiger partial charge in [0.05, 0.1) is 6.61 Å². The van der Waals surface area contributed by atoms with Gasteiger partial charge in [-0.1, -0.05) is 20.8 Å². The standard InChI is InChI=1S/C15H28N4O/c1-6-12-18-13(16-5)11(4)14(19-12)17-9-15(7-2,8-3)10-20/h20H,6-10H2,1-5H3,(H2,16,17,18,19). The van der Waals surface area contributed by atoms with Crippen LogP contribution >= 0.6 is 0 Å². The van der Waals surface area contributed by atoms with Gasteiger partial charge in [-0.3, -0.25) is 0 Å². The molecule has 5 nitrogen and oxygen atoms in total. The first-order chi connectivity index (χ1) is 9.55. The van der Waals surface area contributed by atoms with Crippen molar-refractivity contribution in [2.75, 3.05) is 30.8 Å². The normalized spacial score (nSPS) is 11.5. The van der Waals surface area contributed by atoms with E-state index in [-0.39, 0.29) is 12.0 Å². The Kier molecular flexibility index (Phi) is 6.20. The quantitative estimate of drug-likeness (QED) is 0.683. The smallest absolute Gasteiger partial charge is 0.134 e. The maximum atomic E-state index is 9.64. The van der Waals surface area contributed by atoms with Crippen molar-refractivity contribution in [3.05, 3.63) is 11.4 Å². The van der Waals surface area contributed by atoms with Crippen molar-refractivity contribution < 1.29 is 5.11 Å². The van der Waals surface area contributed by atoms with Crippen LogP contribution in [0, 0.1) is 12.3 Å². The van der Waals surface area contributed by atoms with Gasteiger partial charge in [-0.25, -0.2) is 9.97 Å². The van der Waals surface area contributed by atoms with E-state index in [2.05, 4.69) is 34.4 Å². The lowest BCUT2D eigenvalue weighted by molar-refractivity contribution is 0.127. The highest BCUT2D eigenvalue weighted by atomic mass is 16.3. The van der Waals surface area contributed by atoms with Crippen LogP contribution in [0.4, 0.5) is 11.6 Å². The minimum Gasteiger partial charge on any atom is -0.396 e. The molecule has 114 valence electrons. The Bertz CT molecular complexity index is 422. The van der Waals surface area contributed by atoms with Gasteiger partial charge in [-0.15, -0.1) is 0 Å². The molecule has 0 unspecified atom stereocenters. The van der Waals surface area contributed by atoms with Crippen LogP contribution in [0.5, 0.6) is 0 Å². The van der Waals surface area contributed by atoms with Crippen LogP contribution in [-0.4, -0.2) is 35.3 Å². The highest BCUT2D eigenvalue weighted by molar-refractivity contribution is 5.57. The summed E-state index contributed by atoms with van der Waals surface area (Å²) in [6.07, 6.45) is 2.68. The predicted molar refractivity (Wildman–Crippen MR) is 84.3 cm³/mol. The molecule has 0 fully saturated rings. The summed E-state index contributed by atoms with van der Waals surface area (Å²) in [6.45, 7) is 9.20. The molecule has 1 aromatic rings. The van der Waals surface area contributed by atoms with Crippen molar-refractivity contribution in [3.63, 3.8) is 0 Å². The first kappa shape index (κ1) is 16.7. The number of nitrogens with zero attached hydrogens (tertiary/aromatic N) is 2. The van der Waals surface area contributed by atoms with E-state index in [1.54, 1.807) is 0 Å². The number of aliphatic hydroxyl groups is 1. The molecule has 0 aliphatic heterocycles. The van der Waals surface area contributed by atoms with Crippen molar-refractivity contribution in [2.24, 2.45) is 5.41 Å². The SMILES string of the molecule is CCc1nc(NC)c(C)c(NCC(CC)(CC)CO)n1. The van der Waals surface area contributed by atoms with E-state index in [9.17, 15) is 5.11 Å². The Hall–Kier alpha value is -1.36. The molecule has 1 heterocycles. The monoisotopic (exact) mass is 280 g/mol. The lowest BCUT2D eigenvalue weighted by Gasteiger charge is -2.30. The number of rotatable bonds is 8. The zero-order valence-corrected chi connectivity index (χ0v) is 13.4. The summed E-state index contributed by atoms with van der Waals surface area (Å²) in [7, 11) is 1.87. The second-order valence-corrected chi connectivity index (χ2v) is 5.28. The number of aryl methyl sites for hydroxylation is 1. The van der Waals surface area contributed by atoms with Gasteiger partial charge in [0, 0.05) is 31.0 Å². The van der Waals surface area contributed by atoms with Crippen molar-refractivity contribution >= 4 is 11.6 Å². The minimum atomic E-state index is -0.0798. The van der Waals surface area contributed by atoms with Crippen LogP contribution in [0.25, 0.3) is 0 Å². The molecule has 0 atom stereocenters. The molecular formula is C15H28N4O. The van der Waals surface area contributed by atoms with E-state index >= 15 is 0 Å². The van der Waals surface area contributed by atoms with Crippen LogP contribution in [-0.2, 0) is 6.42 Å². The van der Waals surface area contributed by atoms with Crippen molar-refractivity contribution in [1.29, 1.82) is 0 Å². The van der Waals surface area contributed by atoms with Gasteiger partial charge in [-0.05, 0) is 19.8 Å². The fourth-order valence-electron chi connectivity index (χ4n) is 2.19. The predicted octanol–water partition coefficient (Wildman–Crippen LogP) is 2.60. The highest BCUT2D eigenvalue weighted by Crippen LogP contribution is 2.27. The molecule has 20 heavy (non-hydrogen) atoms. The molecule has 1 rings (SSSR count). The Morgan fingerprint density at radius 1 is 1.10 bits per heavy atom. The summed E-state index contributed by atoms with van der Waals surface area (Å²) in [5, 5.41) is 16.2. The average Bonchev–Trinajstić information content (AvgIpc) is 2.50. The van der Waals surface area contributed by atoms with Gasteiger partial charge in [0.2, 0.25) is 0 Å². The van der Waals surface area contributed by atoms with E-state index in [0.717, 1.165) is 48.8 Å². The number of aliphatic hydroxyl groups excluding tert-OH is 1. The molecule has 1 aromatic heterocycles. The number of anilines is 2. The Balaban J connectivity index is 2.97. The number of aromatic nitrogens is 2. The topological polar surface area (TPSA) is 70.1 Å². The Morgan fingerprint density at radius 3 is 2.15 bits per heavy atom. The second kappa shape index (κ2) is 7.43. The largest absolute Gasteiger partial charge is 0.396 e. The molecule has 0 radical (unpaired) electrons. The van der Waals surface area contributed by atoms with E-state index in [0.29, 0.717) is 0 Å². The number of nitrogens with one attached hydrogen (secondary N) is 2. The van der Waals surface area contributed by atoms with Crippen LogP contribution in [0.1, 0.15) is 45.0 Å². The zero-order chi connectivity index (χ0) is 15.2. The lowest BCUT2D eigenvalue weighted by atomic mass is 9.83. The third kappa shape index (κ3) is 3.60. The lowest BCUT2D eigenvalue weighted by Crippen LogP contribution is -2.32. The summed E-state index contributed by atoms with van der Waals surface area (Å²) < 4.78 is 0. The van der Waals surface area contributed by atoms with Crippen LogP contribution in [0.2, 0.25) is 0 Å². The summed E-state index contributed by atoms with van der Waals surface area (Å²) in [6, 6.07) is 0. The molecular weight excluding hydrogens is 252 g/mol. The van der Waals surface area contributed by atoms with Gasteiger partial charge < -0.3 is 15.7 Å². The maximum absolute atomic E-state index is 9.64.